The van der Waals surface area contributed by atoms with E-state index in [2.05, 4.69) is 83.2 Å². The van der Waals surface area contributed by atoms with Crippen molar-refractivity contribution in [2.75, 3.05) is 0 Å². The molecule has 0 atom stereocenters. The molecule has 2 aromatic rings. The third kappa shape index (κ3) is 1.56. The minimum atomic E-state index is 0.0903. The lowest BCUT2D eigenvalue weighted by atomic mass is 9.59. The second-order valence-electron chi connectivity index (χ2n) is 7.70. The largest absolute Gasteiger partial charge is 0.199 e. The quantitative estimate of drug-likeness (QED) is 0.650. The normalized spacial score (nSPS) is 18.3. The van der Waals surface area contributed by atoms with Gasteiger partial charge in [0.25, 0.3) is 0 Å². The van der Waals surface area contributed by atoms with E-state index in [0.717, 1.165) is 0 Å². The second-order valence-corrected chi connectivity index (χ2v) is 7.70. The minimum absolute atomic E-state index is 0.0903. The van der Waals surface area contributed by atoms with Crippen LogP contribution in [0.2, 0.25) is 0 Å². The minimum Gasteiger partial charge on any atom is -0.124 e. The fourth-order valence-electron chi connectivity index (χ4n) is 3.96. The van der Waals surface area contributed by atoms with Crippen LogP contribution in [0.3, 0.4) is 0 Å². The molecule has 112 valence electrons. The predicted octanol–water partition coefficient (Wildman–Crippen LogP) is 3.80. The summed E-state index contributed by atoms with van der Waals surface area (Å²) in [6.07, 6.45) is 2.25. The molecular weight excluding hydrogens is 256 g/mol. The highest BCUT2D eigenvalue weighted by Gasteiger charge is 2.50. The Kier molecular flexibility index (Phi) is 2.73. The molecule has 0 radical (unpaired) electrons. The Morgan fingerprint density at radius 3 is 2.14 bits per heavy atom. The van der Waals surface area contributed by atoms with Crippen LogP contribution in [-0.2, 0) is 17.9 Å². The summed E-state index contributed by atoms with van der Waals surface area (Å²) in [6, 6.07) is 4.60. The van der Waals surface area contributed by atoms with E-state index in [1.807, 2.05) is 0 Å². The number of aryl methyl sites for hydroxylation is 3. The van der Waals surface area contributed by atoms with E-state index in [1.165, 1.54) is 33.6 Å². The zero-order valence-corrected chi connectivity index (χ0v) is 14.6. The highest BCUT2D eigenvalue weighted by atomic mass is 15.4. The highest BCUT2D eigenvalue weighted by molar-refractivity contribution is 5.59. The third-order valence-corrected chi connectivity index (χ3v) is 6.02. The van der Waals surface area contributed by atoms with E-state index in [4.69, 9.17) is 0 Å². The Morgan fingerprint density at radius 2 is 1.52 bits per heavy atom. The maximum Gasteiger partial charge on any atom is 0.199 e. The van der Waals surface area contributed by atoms with E-state index in [1.54, 1.807) is 0 Å². The molecule has 0 saturated heterocycles. The summed E-state index contributed by atoms with van der Waals surface area (Å²) in [5, 5.41) is 0. The van der Waals surface area contributed by atoms with Crippen molar-refractivity contribution in [1.82, 2.24) is 4.68 Å². The molecule has 2 nitrogen and oxygen atoms in total. The summed E-state index contributed by atoms with van der Waals surface area (Å²) in [6.45, 7) is 16.2. The van der Waals surface area contributed by atoms with Gasteiger partial charge in [0, 0.05) is 16.4 Å². The van der Waals surface area contributed by atoms with Crippen LogP contribution in [-0.4, -0.2) is 4.68 Å². The van der Waals surface area contributed by atoms with Crippen LogP contribution >= 0.6 is 0 Å². The fraction of sp³-hybridized carbons (Fsp3) is 0.526. The predicted molar refractivity (Wildman–Crippen MR) is 87.2 cm³/mol. The lowest BCUT2D eigenvalue weighted by Gasteiger charge is -2.46. The van der Waals surface area contributed by atoms with Crippen LogP contribution in [0.25, 0.3) is 5.69 Å². The lowest BCUT2D eigenvalue weighted by molar-refractivity contribution is -0.745. The molecule has 0 bridgehead atoms. The number of aromatic nitrogens is 2. The van der Waals surface area contributed by atoms with Gasteiger partial charge in [-0.15, -0.1) is 9.36 Å². The molecule has 2 heteroatoms. The molecule has 1 aromatic carbocycles. The summed E-state index contributed by atoms with van der Waals surface area (Å²) in [4.78, 5) is 0. The summed E-state index contributed by atoms with van der Waals surface area (Å²) < 4.78 is 4.67. The first-order valence-corrected chi connectivity index (χ1v) is 7.80. The van der Waals surface area contributed by atoms with Gasteiger partial charge in [0.1, 0.15) is 5.69 Å². The zero-order valence-electron chi connectivity index (χ0n) is 14.6. The maximum atomic E-state index is 2.43. The zero-order chi connectivity index (χ0) is 15.7. The fourth-order valence-corrected chi connectivity index (χ4v) is 3.96. The van der Waals surface area contributed by atoms with E-state index in [-0.39, 0.29) is 10.8 Å². The van der Waals surface area contributed by atoms with E-state index in [9.17, 15) is 0 Å². The highest BCUT2D eigenvalue weighted by Crippen LogP contribution is 2.51. The van der Waals surface area contributed by atoms with E-state index in [0.29, 0.717) is 0 Å². The van der Waals surface area contributed by atoms with Crippen LogP contribution in [0, 0.1) is 20.8 Å². The maximum absolute atomic E-state index is 2.43. The van der Waals surface area contributed by atoms with Gasteiger partial charge < -0.3 is 0 Å². The van der Waals surface area contributed by atoms with Crippen molar-refractivity contribution in [2.24, 2.45) is 7.05 Å². The SMILES string of the molecule is Cc1ccc2c(c1C)-n1c(c(C)c[n+]1C)C(C)(C)C2(C)C. The van der Waals surface area contributed by atoms with Gasteiger partial charge in [-0.1, -0.05) is 39.8 Å². The number of hydrogen-bond donors (Lipinski definition) is 0. The summed E-state index contributed by atoms with van der Waals surface area (Å²) in [7, 11) is 2.15. The number of benzene rings is 1. The monoisotopic (exact) mass is 283 g/mol. The lowest BCUT2D eigenvalue weighted by Crippen LogP contribution is -2.51. The first kappa shape index (κ1) is 14.4. The molecule has 1 aliphatic heterocycles. The number of hydrogen-bond acceptors (Lipinski definition) is 0. The van der Waals surface area contributed by atoms with Gasteiger partial charge in [-0.3, -0.25) is 0 Å². The number of fused-ring (bicyclic) bond motifs is 3. The first-order valence-electron chi connectivity index (χ1n) is 7.80. The van der Waals surface area contributed by atoms with Gasteiger partial charge in [0.15, 0.2) is 13.2 Å². The van der Waals surface area contributed by atoms with Crippen LogP contribution in [0.1, 0.15) is 55.6 Å². The summed E-state index contributed by atoms with van der Waals surface area (Å²) >= 11 is 0. The van der Waals surface area contributed by atoms with E-state index >= 15 is 0 Å². The number of nitrogens with zero attached hydrogens (tertiary/aromatic N) is 2. The van der Waals surface area contributed by atoms with Gasteiger partial charge in [0.05, 0.1) is 5.69 Å². The molecule has 3 rings (SSSR count). The molecule has 0 aliphatic carbocycles. The van der Waals surface area contributed by atoms with Crippen molar-refractivity contribution >= 4 is 0 Å². The van der Waals surface area contributed by atoms with Gasteiger partial charge in [-0.2, -0.15) is 0 Å². The standard InChI is InChI=1S/C19H27N2/c1-12-9-10-15-16(14(12)3)21-17(13(2)11-20(21)8)19(6,7)18(15,4)5/h9-11H,1-8H3/q+1. The van der Waals surface area contributed by atoms with Crippen LogP contribution < -0.4 is 4.68 Å². The summed E-state index contributed by atoms with van der Waals surface area (Å²) in [5.74, 6) is 0. The molecule has 0 unspecified atom stereocenters. The average molecular weight is 283 g/mol. The molecule has 0 amide bonds. The molecule has 2 heterocycles. The van der Waals surface area contributed by atoms with Crippen molar-refractivity contribution in [3.05, 3.63) is 46.3 Å². The second kappa shape index (κ2) is 4.00. The Bertz CT molecular complexity index is 745. The Labute approximate surface area is 128 Å². The van der Waals surface area contributed by atoms with Crippen LogP contribution in [0.4, 0.5) is 0 Å². The number of rotatable bonds is 0. The van der Waals surface area contributed by atoms with Crippen molar-refractivity contribution < 1.29 is 4.68 Å². The molecule has 0 saturated carbocycles. The molecule has 0 N–H and O–H groups in total. The van der Waals surface area contributed by atoms with Gasteiger partial charge in [-0.05, 0) is 37.5 Å². The molecule has 21 heavy (non-hydrogen) atoms. The van der Waals surface area contributed by atoms with Crippen molar-refractivity contribution in [3.63, 3.8) is 0 Å². The topological polar surface area (TPSA) is 8.81 Å². The Morgan fingerprint density at radius 1 is 0.905 bits per heavy atom. The Balaban J connectivity index is 2.54. The van der Waals surface area contributed by atoms with Crippen molar-refractivity contribution in [3.8, 4) is 5.69 Å². The molecular formula is C19H27N2+. The van der Waals surface area contributed by atoms with Crippen molar-refractivity contribution in [2.45, 2.75) is 59.3 Å². The Hall–Kier alpha value is -1.57. The van der Waals surface area contributed by atoms with Gasteiger partial charge >= 0.3 is 0 Å². The third-order valence-electron chi connectivity index (χ3n) is 6.02. The molecule has 0 spiro atoms. The molecule has 1 aliphatic rings. The average Bonchev–Trinajstić information content (AvgIpc) is 2.66. The van der Waals surface area contributed by atoms with Gasteiger partial charge in [-0.25, -0.2) is 0 Å². The van der Waals surface area contributed by atoms with Crippen LogP contribution in [0.5, 0.6) is 0 Å². The smallest absolute Gasteiger partial charge is 0.124 e. The summed E-state index contributed by atoms with van der Waals surface area (Å²) in [5.41, 5.74) is 8.60. The molecule has 1 aromatic heterocycles. The van der Waals surface area contributed by atoms with Crippen molar-refractivity contribution in [1.29, 1.82) is 0 Å². The van der Waals surface area contributed by atoms with Crippen LogP contribution in [0.15, 0.2) is 18.3 Å². The van der Waals surface area contributed by atoms with Gasteiger partial charge in [0.2, 0.25) is 0 Å². The first-order chi connectivity index (χ1) is 9.60. The van der Waals surface area contributed by atoms with E-state index < -0.39 is 0 Å². The molecule has 0 fully saturated rings.